The van der Waals surface area contributed by atoms with Crippen molar-refractivity contribution in [3.05, 3.63) is 0 Å². The minimum atomic E-state index is 0.426. The van der Waals surface area contributed by atoms with Crippen LogP contribution in [-0.2, 0) is 4.74 Å². The molecule has 2 nitrogen and oxygen atoms in total. The summed E-state index contributed by atoms with van der Waals surface area (Å²) in [4.78, 5) is 2.35. The predicted molar refractivity (Wildman–Crippen MR) is 71.9 cm³/mol. The molecule has 0 aliphatic heterocycles. The standard InChI is InChI=1S/C14H31NO/c1-6-10-11-14(12-15(5)9-4)16-13(7-2)8-3/h13-14H,6-12H2,1-5H3. The van der Waals surface area contributed by atoms with Gasteiger partial charge in [0.25, 0.3) is 0 Å². The maximum Gasteiger partial charge on any atom is 0.0705 e. The van der Waals surface area contributed by atoms with Crippen LogP contribution >= 0.6 is 0 Å². The van der Waals surface area contributed by atoms with Gasteiger partial charge in [-0.25, -0.2) is 0 Å². The number of ether oxygens (including phenoxy) is 1. The van der Waals surface area contributed by atoms with Crippen molar-refractivity contribution in [2.24, 2.45) is 0 Å². The maximum atomic E-state index is 6.18. The van der Waals surface area contributed by atoms with E-state index in [2.05, 4.69) is 39.6 Å². The molecular formula is C14H31NO. The minimum absolute atomic E-state index is 0.426. The van der Waals surface area contributed by atoms with Gasteiger partial charge >= 0.3 is 0 Å². The summed E-state index contributed by atoms with van der Waals surface area (Å²) >= 11 is 0. The van der Waals surface area contributed by atoms with E-state index >= 15 is 0 Å². The third-order valence-electron chi connectivity index (χ3n) is 3.23. The second-order valence-electron chi connectivity index (χ2n) is 4.69. The smallest absolute Gasteiger partial charge is 0.0705 e. The summed E-state index contributed by atoms with van der Waals surface area (Å²) in [5.74, 6) is 0. The van der Waals surface area contributed by atoms with Crippen molar-refractivity contribution in [3.63, 3.8) is 0 Å². The van der Waals surface area contributed by atoms with Gasteiger partial charge < -0.3 is 9.64 Å². The van der Waals surface area contributed by atoms with Gasteiger partial charge in [-0.1, -0.05) is 40.5 Å². The molecule has 0 amide bonds. The van der Waals surface area contributed by atoms with E-state index in [4.69, 9.17) is 4.74 Å². The number of unbranched alkanes of at least 4 members (excludes halogenated alkanes) is 1. The van der Waals surface area contributed by atoms with Gasteiger partial charge in [-0.3, -0.25) is 0 Å². The Balaban J connectivity index is 4.07. The Morgan fingerprint density at radius 1 is 1.00 bits per heavy atom. The molecule has 0 spiro atoms. The Hall–Kier alpha value is -0.0800. The van der Waals surface area contributed by atoms with Gasteiger partial charge in [-0.2, -0.15) is 0 Å². The van der Waals surface area contributed by atoms with Crippen molar-refractivity contribution in [2.75, 3.05) is 20.1 Å². The van der Waals surface area contributed by atoms with Crippen molar-refractivity contribution in [1.29, 1.82) is 0 Å². The average molecular weight is 229 g/mol. The van der Waals surface area contributed by atoms with E-state index in [9.17, 15) is 0 Å². The highest BCUT2D eigenvalue weighted by molar-refractivity contribution is 4.66. The first-order valence-corrected chi connectivity index (χ1v) is 7.01. The van der Waals surface area contributed by atoms with Gasteiger partial charge in [0.05, 0.1) is 12.2 Å². The van der Waals surface area contributed by atoms with E-state index in [1.165, 1.54) is 19.3 Å². The fraction of sp³-hybridized carbons (Fsp3) is 1.00. The second-order valence-corrected chi connectivity index (χ2v) is 4.69. The lowest BCUT2D eigenvalue weighted by atomic mass is 10.1. The van der Waals surface area contributed by atoms with E-state index in [1.807, 2.05) is 0 Å². The van der Waals surface area contributed by atoms with Crippen LogP contribution in [0.5, 0.6) is 0 Å². The topological polar surface area (TPSA) is 12.5 Å². The van der Waals surface area contributed by atoms with Crippen LogP contribution in [-0.4, -0.2) is 37.2 Å². The van der Waals surface area contributed by atoms with Crippen molar-refractivity contribution in [3.8, 4) is 0 Å². The number of rotatable bonds is 10. The SMILES string of the molecule is CCCCC(CN(C)CC)OC(CC)CC. The molecule has 0 aliphatic carbocycles. The molecular weight excluding hydrogens is 198 g/mol. The molecule has 1 unspecified atom stereocenters. The summed E-state index contributed by atoms with van der Waals surface area (Å²) in [5, 5.41) is 0. The molecule has 0 aliphatic rings. The molecule has 0 N–H and O–H groups in total. The molecule has 2 heteroatoms. The minimum Gasteiger partial charge on any atom is -0.374 e. The number of nitrogens with zero attached hydrogens (tertiary/aromatic N) is 1. The Morgan fingerprint density at radius 3 is 2.06 bits per heavy atom. The summed E-state index contributed by atoms with van der Waals surface area (Å²) in [6.07, 6.45) is 6.89. The third-order valence-corrected chi connectivity index (χ3v) is 3.23. The molecule has 0 saturated heterocycles. The van der Waals surface area contributed by atoms with E-state index in [-0.39, 0.29) is 0 Å². The van der Waals surface area contributed by atoms with Crippen molar-refractivity contribution >= 4 is 0 Å². The van der Waals surface area contributed by atoms with Crippen LogP contribution in [0.15, 0.2) is 0 Å². The molecule has 1 atom stereocenters. The van der Waals surface area contributed by atoms with Crippen LogP contribution in [0.4, 0.5) is 0 Å². The first-order chi connectivity index (χ1) is 7.67. The normalized spacial score (nSPS) is 13.7. The van der Waals surface area contributed by atoms with E-state index in [0.717, 1.165) is 25.9 Å². The van der Waals surface area contributed by atoms with E-state index in [0.29, 0.717) is 12.2 Å². The third kappa shape index (κ3) is 7.24. The van der Waals surface area contributed by atoms with Crippen molar-refractivity contribution < 1.29 is 4.74 Å². The maximum absolute atomic E-state index is 6.18. The number of hydrogen-bond donors (Lipinski definition) is 0. The molecule has 0 saturated carbocycles. The molecule has 0 aromatic carbocycles. The summed E-state index contributed by atoms with van der Waals surface area (Å²) in [6.45, 7) is 11.1. The first-order valence-electron chi connectivity index (χ1n) is 7.01. The molecule has 0 fully saturated rings. The average Bonchev–Trinajstić information content (AvgIpc) is 2.32. The van der Waals surface area contributed by atoms with Gasteiger partial charge in [0.1, 0.15) is 0 Å². The zero-order chi connectivity index (χ0) is 12.4. The summed E-state index contributed by atoms with van der Waals surface area (Å²) in [6, 6.07) is 0. The van der Waals surface area contributed by atoms with Crippen LogP contribution in [0.2, 0.25) is 0 Å². The predicted octanol–water partition coefficient (Wildman–Crippen LogP) is 3.70. The monoisotopic (exact) mass is 229 g/mol. The Labute approximate surface area is 102 Å². The van der Waals surface area contributed by atoms with Crippen molar-refractivity contribution in [1.82, 2.24) is 4.90 Å². The second kappa shape index (κ2) is 10.1. The Kier molecular flexibility index (Phi) is 10.0. The van der Waals surface area contributed by atoms with Crippen LogP contribution in [0.1, 0.15) is 59.8 Å². The summed E-state index contributed by atoms with van der Waals surface area (Å²) in [5.41, 5.74) is 0. The zero-order valence-electron chi connectivity index (χ0n) is 12.0. The quantitative estimate of drug-likeness (QED) is 0.566. The highest BCUT2D eigenvalue weighted by Gasteiger charge is 2.15. The van der Waals surface area contributed by atoms with Gasteiger partial charge in [0.15, 0.2) is 0 Å². The largest absolute Gasteiger partial charge is 0.374 e. The van der Waals surface area contributed by atoms with Gasteiger partial charge in [0, 0.05) is 6.54 Å². The lowest BCUT2D eigenvalue weighted by Gasteiger charge is -2.27. The fourth-order valence-electron chi connectivity index (χ4n) is 1.86. The van der Waals surface area contributed by atoms with Gasteiger partial charge in [0.2, 0.25) is 0 Å². The van der Waals surface area contributed by atoms with Gasteiger partial charge in [-0.05, 0) is 32.9 Å². The highest BCUT2D eigenvalue weighted by Crippen LogP contribution is 2.13. The van der Waals surface area contributed by atoms with Crippen LogP contribution < -0.4 is 0 Å². The Morgan fingerprint density at radius 2 is 1.62 bits per heavy atom. The van der Waals surface area contributed by atoms with Crippen molar-refractivity contribution in [2.45, 2.75) is 72.0 Å². The molecule has 0 radical (unpaired) electrons. The molecule has 16 heavy (non-hydrogen) atoms. The summed E-state index contributed by atoms with van der Waals surface area (Å²) < 4.78 is 6.18. The Bertz CT molecular complexity index is 146. The summed E-state index contributed by atoms with van der Waals surface area (Å²) in [7, 11) is 2.18. The molecule has 0 rings (SSSR count). The fourth-order valence-corrected chi connectivity index (χ4v) is 1.86. The zero-order valence-corrected chi connectivity index (χ0v) is 12.0. The molecule has 0 aromatic heterocycles. The number of likely N-dealkylation sites (N-methyl/N-ethyl adjacent to an activating group) is 1. The van der Waals surface area contributed by atoms with Gasteiger partial charge in [-0.15, -0.1) is 0 Å². The molecule has 0 aromatic rings. The van der Waals surface area contributed by atoms with Crippen LogP contribution in [0.3, 0.4) is 0 Å². The van der Waals surface area contributed by atoms with E-state index in [1.54, 1.807) is 0 Å². The van der Waals surface area contributed by atoms with Crippen LogP contribution in [0.25, 0.3) is 0 Å². The lowest BCUT2D eigenvalue weighted by Crippen LogP contribution is -2.33. The first kappa shape index (κ1) is 15.9. The van der Waals surface area contributed by atoms with E-state index < -0.39 is 0 Å². The molecule has 0 bridgehead atoms. The lowest BCUT2D eigenvalue weighted by molar-refractivity contribution is -0.0330. The van der Waals surface area contributed by atoms with Crippen LogP contribution in [0, 0.1) is 0 Å². The number of hydrogen-bond acceptors (Lipinski definition) is 2. The highest BCUT2D eigenvalue weighted by atomic mass is 16.5. The molecule has 98 valence electrons. The molecule has 0 heterocycles.